The zero-order valence-electron chi connectivity index (χ0n) is 33.5. The number of hydrogen-bond acceptors (Lipinski definition) is 7. The number of aliphatic hydroxyl groups excluding tert-OH is 1. The van der Waals surface area contributed by atoms with Crippen LogP contribution in [0.15, 0.2) is 97.1 Å². The molecule has 1 N–H and O–H groups in total. The number of ether oxygens (including phenoxy) is 6. The van der Waals surface area contributed by atoms with E-state index in [9.17, 15) is 5.11 Å². The van der Waals surface area contributed by atoms with Crippen LogP contribution in [-0.4, -0.2) is 61.0 Å². The van der Waals surface area contributed by atoms with Gasteiger partial charge in [0.1, 0.15) is 65.7 Å². The second-order valence-electron chi connectivity index (χ2n) is 16.0. The number of benzene rings is 4. The first-order valence-corrected chi connectivity index (χ1v) is 19.8. The quantitative estimate of drug-likeness (QED) is 0.0905. The van der Waals surface area contributed by atoms with Gasteiger partial charge in [-0.3, -0.25) is 0 Å². The molecular weight excluding hydrogens is 677 g/mol. The predicted octanol–water partition coefficient (Wildman–Crippen LogP) is 9.83. The first kappa shape index (κ1) is 39.6. The van der Waals surface area contributed by atoms with E-state index in [2.05, 4.69) is 116 Å². The molecule has 4 aromatic carbocycles. The van der Waals surface area contributed by atoms with Gasteiger partial charge in [-0.2, -0.15) is 0 Å². The Morgan fingerprint density at radius 2 is 0.944 bits per heavy atom. The molecule has 2 aliphatic rings. The molecule has 3 atom stereocenters. The number of rotatable bonds is 20. The highest BCUT2D eigenvalue weighted by atomic mass is 16.6. The summed E-state index contributed by atoms with van der Waals surface area (Å²) in [6.45, 7) is 19.6. The lowest BCUT2D eigenvalue weighted by atomic mass is 9.78. The van der Waals surface area contributed by atoms with Gasteiger partial charge in [0, 0.05) is 10.8 Å². The van der Waals surface area contributed by atoms with Crippen molar-refractivity contribution < 1.29 is 33.5 Å². The smallest absolute Gasteiger partial charge is 0.138 e. The minimum Gasteiger partial charge on any atom is -0.491 e. The molecule has 0 spiro atoms. The maximum Gasteiger partial charge on any atom is 0.138 e. The summed E-state index contributed by atoms with van der Waals surface area (Å²) < 4.78 is 36.0. The Hall–Kier alpha value is -4.04. The fourth-order valence-electron chi connectivity index (χ4n) is 7.50. The Morgan fingerprint density at radius 3 is 1.31 bits per heavy atom. The average Bonchev–Trinajstić information content (AvgIpc) is 4.14. The summed E-state index contributed by atoms with van der Waals surface area (Å²) in [5.74, 6) is 3.16. The van der Waals surface area contributed by atoms with Crippen LogP contribution in [0.4, 0.5) is 0 Å². The van der Waals surface area contributed by atoms with E-state index in [1.807, 2.05) is 36.4 Å². The summed E-state index contributed by atoms with van der Waals surface area (Å²) in [6.07, 6.45) is 2.66. The highest BCUT2D eigenvalue weighted by molar-refractivity contribution is 5.43. The molecule has 0 bridgehead atoms. The van der Waals surface area contributed by atoms with Gasteiger partial charge in [0.15, 0.2) is 0 Å². The monoisotopic (exact) mass is 736 g/mol. The highest BCUT2D eigenvalue weighted by Crippen LogP contribution is 2.39. The minimum absolute atomic E-state index is 0.118. The molecule has 54 heavy (non-hydrogen) atoms. The number of hydrogen-bond donors (Lipinski definition) is 1. The van der Waals surface area contributed by atoms with Crippen molar-refractivity contribution in [2.45, 2.75) is 121 Å². The fourth-order valence-corrected chi connectivity index (χ4v) is 7.50. The minimum atomic E-state index is -0.835. The zero-order valence-corrected chi connectivity index (χ0v) is 33.5. The summed E-state index contributed by atoms with van der Waals surface area (Å²) in [4.78, 5) is 0. The Bertz CT molecular complexity index is 1760. The van der Waals surface area contributed by atoms with Crippen molar-refractivity contribution in [1.29, 1.82) is 0 Å². The lowest BCUT2D eigenvalue weighted by molar-refractivity contribution is -0.0770. The number of aliphatic hydroxyl groups is 1. The Kier molecular flexibility index (Phi) is 12.0. The largest absolute Gasteiger partial charge is 0.491 e. The van der Waals surface area contributed by atoms with Gasteiger partial charge in [-0.1, -0.05) is 104 Å². The molecule has 2 heterocycles. The molecule has 2 saturated heterocycles. The van der Waals surface area contributed by atoms with E-state index in [1.54, 1.807) is 0 Å². The van der Waals surface area contributed by atoms with Crippen LogP contribution < -0.4 is 18.9 Å². The van der Waals surface area contributed by atoms with E-state index in [0.29, 0.717) is 25.2 Å². The van der Waals surface area contributed by atoms with Crippen LogP contribution in [-0.2, 0) is 20.3 Å². The molecule has 0 aromatic heterocycles. The zero-order chi connectivity index (χ0) is 38.6. The van der Waals surface area contributed by atoms with Crippen LogP contribution >= 0.6 is 0 Å². The third-order valence-electron chi connectivity index (χ3n) is 12.1. The van der Waals surface area contributed by atoms with Crippen molar-refractivity contribution in [3.8, 4) is 23.0 Å². The Labute approximate surface area is 322 Å². The van der Waals surface area contributed by atoms with Gasteiger partial charge in [0.05, 0.1) is 13.2 Å². The lowest BCUT2D eigenvalue weighted by Crippen LogP contribution is -2.49. The third-order valence-corrected chi connectivity index (χ3v) is 12.1. The van der Waals surface area contributed by atoms with Crippen molar-refractivity contribution >= 4 is 0 Å². The van der Waals surface area contributed by atoms with Crippen LogP contribution in [0.5, 0.6) is 23.0 Å². The van der Waals surface area contributed by atoms with Gasteiger partial charge in [-0.25, -0.2) is 0 Å². The molecule has 7 heteroatoms. The van der Waals surface area contributed by atoms with Crippen molar-refractivity contribution in [1.82, 2.24) is 0 Å². The molecule has 2 aliphatic heterocycles. The fraction of sp³-hybridized carbons (Fsp3) is 0.489. The Balaban J connectivity index is 1.05. The van der Waals surface area contributed by atoms with Crippen LogP contribution in [0.3, 0.4) is 0 Å². The van der Waals surface area contributed by atoms with Gasteiger partial charge >= 0.3 is 0 Å². The molecule has 290 valence electrons. The van der Waals surface area contributed by atoms with Gasteiger partial charge in [0.25, 0.3) is 0 Å². The van der Waals surface area contributed by atoms with Gasteiger partial charge in [-0.05, 0) is 96.5 Å². The first-order chi connectivity index (χ1) is 25.9. The molecule has 3 unspecified atom stereocenters. The normalized spacial score (nSPS) is 17.8. The number of epoxide rings is 2. The van der Waals surface area contributed by atoms with E-state index in [0.717, 1.165) is 43.3 Å². The van der Waals surface area contributed by atoms with Crippen molar-refractivity contribution in [3.63, 3.8) is 0 Å². The second kappa shape index (κ2) is 16.4. The second-order valence-corrected chi connectivity index (χ2v) is 16.0. The van der Waals surface area contributed by atoms with Crippen LogP contribution in [0.25, 0.3) is 0 Å². The average molecular weight is 737 g/mol. The van der Waals surface area contributed by atoms with Gasteiger partial charge in [0.2, 0.25) is 0 Å². The molecule has 0 aliphatic carbocycles. The van der Waals surface area contributed by atoms with E-state index >= 15 is 0 Å². The predicted molar refractivity (Wildman–Crippen MR) is 214 cm³/mol. The maximum absolute atomic E-state index is 11.5. The molecule has 6 rings (SSSR count). The van der Waals surface area contributed by atoms with E-state index in [-0.39, 0.29) is 35.2 Å². The van der Waals surface area contributed by atoms with Gasteiger partial charge in [-0.15, -0.1) is 0 Å². The molecule has 2 fully saturated rings. The van der Waals surface area contributed by atoms with E-state index < -0.39 is 11.7 Å². The molecule has 0 amide bonds. The molecule has 7 nitrogen and oxygen atoms in total. The molecule has 0 radical (unpaired) electrons. The standard InChI is InChI=1S/C47H60O7/c1-9-46(10-2,53-39-25-17-35(18-26-39)44(5,6)33-13-21-37(22-14-33)49-29-41-30-50-41)42(48)31-51-38-23-15-34(16-24-38)45(7,8)36-19-27-40(28-20-36)54-47(11-3,12-4)43-32-52-43/h13-28,41-43,48H,9-12,29-32H2,1-8H3. The molecule has 4 aromatic rings. The first-order valence-electron chi connectivity index (χ1n) is 19.8. The lowest BCUT2D eigenvalue weighted by Gasteiger charge is -2.37. The van der Waals surface area contributed by atoms with Crippen LogP contribution in [0.1, 0.15) is 103 Å². The van der Waals surface area contributed by atoms with Crippen LogP contribution in [0.2, 0.25) is 0 Å². The Morgan fingerprint density at radius 1 is 0.556 bits per heavy atom. The maximum atomic E-state index is 11.5. The summed E-state index contributed by atoms with van der Waals surface area (Å²) in [5.41, 5.74) is 3.23. The van der Waals surface area contributed by atoms with Crippen molar-refractivity contribution in [2.75, 3.05) is 26.4 Å². The van der Waals surface area contributed by atoms with Crippen molar-refractivity contribution in [2.24, 2.45) is 0 Å². The summed E-state index contributed by atoms with van der Waals surface area (Å²) in [5, 5.41) is 11.5. The molecule has 0 saturated carbocycles. The summed E-state index contributed by atoms with van der Waals surface area (Å²) in [7, 11) is 0. The summed E-state index contributed by atoms with van der Waals surface area (Å²) >= 11 is 0. The molecular formula is C47H60O7. The SMILES string of the molecule is CCC(CC)(Oc1ccc(C(C)(C)c2ccc(OCC3CO3)cc2)cc1)C(O)COc1ccc(C(C)(C)c2ccc(OC(CC)(CC)C3CO3)cc2)cc1. The van der Waals surface area contributed by atoms with Gasteiger partial charge < -0.3 is 33.5 Å². The highest BCUT2D eigenvalue weighted by Gasteiger charge is 2.46. The third kappa shape index (κ3) is 8.75. The summed E-state index contributed by atoms with van der Waals surface area (Å²) in [6, 6.07) is 33.2. The topological polar surface area (TPSA) is 82.2 Å². The van der Waals surface area contributed by atoms with Crippen molar-refractivity contribution in [3.05, 3.63) is 119 Å². The van der Waals surface area contributed by atoms with E-state index in [1.165, 1.54) is 22.3 Å². The van der Waals surface area contributed by atoms with E-state index in [4.69, 9.17) is 28.4 Å². The van der Waals surface area contributed by atoms with Crippen LogP contribution in [0, 0.1) is 0 Å².